The van der Waals surface area contributed by atoms with Gasteiger partial charge in [-0.3, -0.25) is 9.69 Å². The van der Waals surface area contributed by atoms with Gasteiger partial charge in [-0.25, -0.2) is 4.99 Å². The van der Waals surface area contributed by atoms with Gasteiger partial charge in [-0.05, 0) is 43.2 Å². The number of benzene rings is 3. The molecule has 1 aliphatic heterocycles. The van der Waals surface area contributed by atoms with Gasteiger partial charge in [0.1, 0.15) is 11.5 Å². The number of aryl methyl sites for hydroxylation is 2. The largest absolute Gasteiger partial charge is 0.361 e. The first-order valence-electron chi connectivity index (χ1n) is 11.9. The monoisotopic (exact) mass is 458 g/mol. The summed E-state index contributed by atoms with van der Waals surface area (Å²) in [5.41, 5.74) is 7.08. The molecule has 1 N–H and O–H groups in total. The van der Waals surface area contributed by atoms with E-state index in [2.05, 4.69) is 59.2 Å². The van der Waals surface area contributed by atoms with Gasteiger partial charge in [0.05, 0.1) is 0 Å². The van der Waals surface area contributed by atoms with Gasteiger partial charge < -0.3 is 9.55 Å². The van der Waals surface area contributed by atoms with Gasteiger partial charge in [0.25, 0.3) is 5.91 Å². The minimum Gasteiger partial charge on any atom is -0.361 e. The van der Waals surface area contributed by atoms with Gasteiger partial charge in [0.2, 0.25) is 0 Å². The summed E-state index contributed by atoms with van der Waals surface area (Å²) in [6.45, 7) is 2.66. The fourth-order valence-corrected chi connectivity index (χ4v) is 4.93. The number of aliphatic imine (C=N–C) groups is 1. The Morgan fingerprint density at radius 1 is 0.971 bits per heavy atom. The van der Waals surface area contributed by atoms with Crippen molar-refractivity contribution in [2.24, 2.45) is 12.0 Å². The van der Waals surface area contributed by atoms with Crippen molar-refractivity contribution in [3.63, 3.8) is 0 Å². The van der Waals surface area contributed by atoms with E-state index in [1.807, 2.05) is 60.5 Å². The molecular formula is C30H26N4O. The van der Waals surface area contributed by atoms with E-state index in [9.17, 15) is 4.79 Å². The highest BCUT2D eigenvalue weighted by Gasteiger charge is 2.31. The van der Waals surface area contributed by atoms with E-state index in [1.54, 1.807) is 0 Å². The lowest BCUT2D eigenvalue weighted by atomic mass is 10.1. The van der Waals surface area contributed by atoms with Crippen LogP contribution in [0.5, 0.6) is 0 Å². The lowest BCUT2D eigenvalue weighted by Crippen LogP contribution is -2.34. The minimum absolute atomic E-state index is 0.0622. The highest BCUT2D eigenvalue weighted by molar-refractivity contribution is 6.20. The number of amidine groups is 1. The molecule has 0 bridgehead atoms. The van der Waals surface area contributed by atoms with Crippen molar-refractivity contribution in [1.82, 2.24) is 14.5 Å². The second-order valence-electron chi connectivity index (χ2n) is 9.11. The van der Waals surface area contributed by atoms with E-state index in [0.29, 0.717) is 18.1 Å². The summed E-state index contributed by atoms with van der Waals surface area (Å²) in [4.78, 5) is 23.7. The normalized spacial score (nSPS) is 15.0. The quantitative estimate of drug-likeness (QED) is 0.331. The summed E-state index contributed by atoms with van der Waals surface area (Å²) in [7, 11) is 2.02. The highest BCUT2D eigenvalue weighted by Crippen LogP contribution is 2.28. The molecule has 3 aromatic carbocycles. The molecule has 2 aromatic heterocycles. The number of carbonyl (C=O) groups excluding carboxylic acids is 1. The minimum atomic E-state index is -0.0622. The molecule has 0 radical (unpaired) electrons. The second kappa shape index (κ2) is 8.44. The average molecular weight is 459 g/mol. The Labute approximate surface area is 204 Å². The molecule has 0 atom stereocenters. The summed E-state index contributed by atoms with van der Waals surface area (Å²) < 4.78 is 2.08. The molecule has 0 unspecified atom stereocenters. The van der Waals surface area contributed by atoms with Gasteiger partial charge in [-0.2, -0.15) is 0 Å². The first-order chi connectivity index (χ1) is 17.1. The maximum atomic E-state index is 13.6. The summed E-state index contributed by atoms with van der Waals surface area (Å²) in [5, 5.41) is 2.32. The summed E-state index contributed by atoms with van der Waals surface area (Å²) in [5.74, 6) is 0.644. The lowest BCUT2D eigenvalue weighted by Gasteiger charge is -2.18. The van der Waals surface area contributed by atoms with Crippen molar-refractivity contribution in [1.29, 1.82) is 0 Å². The fourth-order valence-electron chi connectivity index (χ4n) is 4.93. The van der Waals surface area contributed by atoms with Gasteiger partial charge in [-0.1, -0.05) is 60.2 Å². The molecular weight excluding hydrogens is 432 g/mol. The van der Waals surface area contributed by atoms with E-state index in [0.717, 1.165) is 34.0 Å². The van der Waals surface area contributed by atoms with Crippen LogP contribution in [-0.2, 0) is 18.3 Å². The number of aromatic nitrogens is 2. The van der Waals surface area contributed by atoms with Gasteiger partial charge >= 0.3 is 0 Å². The molecule has 0 fully saturated rings. The van der Waals surface area contributed by atoms with Crippen LogP contribution in [0.15, 0.2) is 95.9 Å². The van der Waals surface area contributed by atoms with E-state index < -0.39 is 0 Å². The number of aromatic amines is 1. The van der Waals surface area contributed by atoms with Crippen molar-refractivity contribution in [2.75, 3.05) is 6.54 Å². The smallest absolute Gasteiger partial charge is 0.278 e. The SMILES string of the molecule is Cc1ccc2[nH]cc(CCN3C(=O)/C(=C/c4cn(C)c5ccccc45)N=C3c3ccccc3)c2c1. The predicted molar refractivity (Wildman–Crippen MR) is 142 cm³/mol. The molecule has 0 saturated carbocycles. The Kier molecular flexibility index (Phi) is 5.10. The van der Waals surface area contributed by atoms with Crippen molar-refractivity contribution in [2.45, 2.75) is 13.3 Å². The number of para-hydroxylation sites is 1. The van der Waals surface area contributed by atoms with Crippen LogP contribution in [0.25, 0.3) is 27.9 Å². The van der Waals surface area contributed by atoms with Gasteiger partial charge in [-0.15, -0.1) is 0 Å². The maximum Gasteiger partial charge on any atom is 0.278 e. The Morgan fingerprint density at radius 2 is 1.77 bits per heavy atom. The molecule has 172 valence electrons. The van der Waals surface area contributed by atoms with Gasteiger partial charge in [0.15, 0.2) is 0 Å². The lowest BCUT2D eigenvalue weighted by molar-refractivity contribution is -0.122. The average Bonchev–Trinajstić information content (AvgIpc) is 3.53. The summed E-state index contributed by atoms with van der Waals surface area (Å²) in [6, 6.07) is 24.6. The molecule has 6 rings (SSSR count). The molecule has 5 heteroatoms. The standard InChI is InChI=1S/C30H26N4O/c1-20-12-13-26-25(16-20)22(18-31-26)14-15-34-29(21-8-4-3-5-9-21)32-27(30(34)35)17-23-19-33(2)28-11-7-6-10-24(23)28/h3-13,16-19,31H,14-15H2,1-2H3/b27-17-. The van der Waals surface area contributed by atoms with Crippen LogP contribution in [-0.4, -0.2) is 32.7 Å². The third-order valence-electron chi connectivity index (χ3n) is 6.73. The van der Waals surface area contributed by atoms with Crippen LogP contribution in [0, 0.1) is 6.92 Å². The zero-order chi connectivity index (χ0) is 23.9. The van der Waals surface area contributed by atoms with Crippen LogP contribution in [0.3, 0.4) is 0 Å². The molecule has 0 spiro atoms. The molecule has 1 aliphatic rings. The Bertz CT molecular complexity index is 1640. The van der Waals surface area contributed by atoms with Crippen molar-refractivity contribution in [3.05, 3.63) is 113 Å². The number of carbonyl (C=O) groups is 1. The van der Waals surface area contributed by atoms with Crippen LogP contribution < -0.4 is 0 Å². The number of nitrogens with one attached hydrogen (secondary N) is 1. The van der Waals surface area contributed by atoms with Crippen molar-refractivity contribution < 1.29 is 4.79 Å². The fraction of sp³-hybridized carbons (Fsp3) is 0.133. The first-order valence-corrected chi connectivity index (χ1v) is 11.9. The molecule has 5 aromatic rings. The Hall–Kier alpha value is -4.38. The summed E-state index contributed by atoms with van der Waals surface area (Å²) >= 11 is 0. The summed E-state index contributed by atoms with van der Waals surface area (Å²) in [6.07, 6.45) is 6.77. The Balaban J connectivity index is 1.37. The third-order valence-corrected chi connectivity index (χ3v) is 6.73. The molecule has 3 heterocycles. The Morgan fingerprint density at radius 3 is 2.63 bits per heavy atom. The van der Waals surface area contributed by atoms with E-state index in [-0.39, 0.29) is 5.91 Å². The van der Waals surface area contributed by atoms with E-state index >= 15 is 0 Å². The number of rotatable bonds is 5. The maximum absolute atomic E-state index is 13.6. The number of amides is 1. The molecule has 35 heavy (non-hydrogen) atoms. The van der Waals surface area contributed by atoms with Crippen LogP contribution >= 0.6 is 0 Å². The number of fused-ring (bicyclic) bond motifs is 2. The van der Waals surface area contributed by atoms with Crippen LogP contribution in [0.1, 0.15) is 22.3 Å². The number of hydrogen-bond acceptors (Lipinski definition) is 2. The highest BCUT2D eigenvalue weighted by atomic mass is 16.2. The zero-order valence-corrected chi connectivity index (χ0v) is 19.8. The number of hydrogen-bond donors (Lipinski definition) is 1. The van der Waals surface area contributed by atoms with E-state index in [4.69, 9.17) is 4.99 Å². The molecule has 0 aliphatic carbocycles. The van der Waals surface area contributed by atoms with Crippen molar-refractivity contribution in [3.8, 4) is 0 Å². The molecule has 5 nitrogen and oxygen atoms in total. The first kappa shape index (κ1) is 21.2. The number of H-pyrrole nitrogens is 1. The van der Waals surface area contributed by atoms with Crippen LogP contribution in [0.2, 0.25) is 0 Å². The van der Waals surface area contributed by atoms with E-state index in [1.165, 1.54) is 16.5 Å². The molecule has 0 saturated heterocycles. The second-order valence-corrected chi connectivity index (χ2v) is 9.11. The zero-order valence-electron chi connectivity index (χ0n) is 19.8. The third kappa shape index (κ3) is 3.75. The van der Waals surface area contributed by atoms with Gasteiger partial charge in [0, 0.05) is 58.9 Å². The van der Waals surface area contributed by atoms with Crippen molar-refractivity contribution >= 4 is 39.6 Å². The van der Waals surface area contributed by atoms with Crippen LogP contribution in [0.4, 0.5) is 0 Å². The molecule has 1 amide bonds. The topological polar surface area (TPSA) is 53.4 Å². The predicted octanol–water partition coefficient (Wildman–Crippen LogP) is 5.84. The number of nitrogens with zero attached hydrogens (tertiary/aromatic N) is 3.